The number of nitrogens with zero attached hydrogens (tertiary/aromatic N) is 3. The molecule has 212 valence electrons. The van der Waals surface area contributed by atoms with Gasteiger partial charge < -0.3 is 20.0 Å². The summed E-state index contributed by atoms with van der Waals surface area (Å²) in [4.78, 5) is 43.1. The van der Waals surface area contributed by atoms with E-state index in [1.165, 1.54) is 0 Å². The number of likely N-dealkylation sites (tertiary alicyclic amines) is 1. The number of hydrogen-bond acceptors (Lipinski definition) is 5. The summed E-state index contributed by atoms with van der Waals surface area (Å²) in [6.07, 6.45) is 6.03. The summed E-state index contributed by atoms with van der Waals surface area (Å²) >= 11 is 0. The molecule has 0 spiro atoms. The molecule has 0 radical (unpaired) electrons. The lowest BCUT2D eigenvalue weighted by Gasteiger charge is -2.28. The Morgan fingerprint density at radius 2 is 1.73 bits per heavy atom. The predicted molar refractivity (Wildman–Crippen MR) is 157 cm³/mol. The number of rotatable bonds is 10. The lowest BCUT2D eigenvalue weighted by Crippen LogP contribution is -2.44. The fourth-order valence-electron chi connectivity index (χ4n) is 5.85. The molecular weight excluding hydrogens is 518 g/mol. The quantitative estimate of drug-likeness (QED) is 0.288. The SMILES string of the molecule is C[C@@H](/C=C/CC(=O)N1CCC[C@H]1CO)[C@]1(O)C(=O)N(Cc2ccc(N(C=O)c3ccccc3)cc2)c2ccccc21. The third-order valence-corrected chi connectivity index (χ3v) is 8.16. The van der Waals surface area contributed by atoms with Gasteiger partial charge in [0.25, 0.3) is 5.91 Å². The third kappa shape index (κ3) is 5.40. The molecule has 8 heteroatoms. The number of hydrogen-bond donors (Lipinski definition) is 2. The number of carbonyl (C=O) groups excluding carboxylic acids is 3. The number of aliphatic hydroxyl groups is 2. The zero-order chi connectivity index (χ0) is 29.0. The third-order valence-electron chi connectivity index (χ3n) is 8.16. The number of benzene rings is 3. The van der Waals surface area contributed by atoms with Gasteiger partial charge in [-0.3, -0.25) is 19.3 Å². The van der Waals surface area contributed by atoms with Crippen LogP contribution in [-0.2, 0) is 26.5 Å². The van der Waals surface area contributed by atoms with E-state index in [0.29, 0.717) is 23.5 Å². The van der Waals surface area contributed by atoms with Crippen LogP contribution in [0.2, 0.25) is 0 Å². The largest absolute Gasteiger partial charge is 0.394 e. The summed E-state index contributed by atoms with van der Waals surface area (Å²) in [5.41, 5.74) is 1.69. The lowest BCUT2D eigenvalue weighted by atomic mass is 9.83. The molecule has 1 saturated heterocycles. The molecule has 3 amide bonds. The number of para-hydroxylation sites is 2. The molecule has 2 heterocycles. The Balaban J connectivity index is 1.32. The van der Waals surface area contributed by atoms with Gasteiger partial charge in [-0.15, -0.1) is 0 Å². The van der Waals surface area contributed by atoms with E-state index in [0.717, 1.165) is 30.5 Å². The minimum Gasteiger partial charge on any atom is -0.394 e. The normalized spacial score (nSPS) is 20.9. The number of carbonyl (C=O) groups is 3. The van der Waals surface area contributed by atoms with Crippen LogP contribution >= 0.6 is 0 Å². The van der Waals surface area contributed by atoms with Crippen LogP contribution < -0.4 is 9.80 Å². The van der Waals surface area contributed by atoms with Gasteiger partial charge in [0.1, 0.15) is 0 Å². The highest BCUT2D eigenvalue weighted by Gasteiger charge is 2.52. The van der Waals surface area contributed by atoms with Gasteiger partial charge in [0.05, 0.1) is 24.9 Å². The Morgan fingerprint density at radius 1 is 1.05 bits per heavy atom. The zero-order valence-electron chi connectivity index (χ0n) is 23.1. The highest BCUT2D eigenvalue weighted by molar-refractivity contribution is 6.07. The molecule has 1 fully saturated rings. The molecule has 8 nitrogen and oxygen atoms in total. The minimum absolute atomic E-state index is 0.0438. The Labute approximate surface area is 240 Å². The van der Waals surface area contributed by atoms with E-state index < -0.39 is 17.4 Å². The van der Waals surface area contributed by atoms with Gasteiger partial charge in [-0.25, -0.2) is 0 Å². The fourth-order valence-corrected chi connectivity index (χ4v) is 5.85. The maximum absolute atomic E-state index is 13.8. The van der Waals surface area contributed by atoms with Crippen LogP contribution in [-0.4, -0.2) is 52.5 Å². The summed E-state index contributed by atoms with van der Waals surface area (Å²) in [5, 5.41) is 21.4. The van der Waals surface area contributed by atoms with Crippen molar-refractivity contribution in [1.29, 1.82) is 0 Å². The first-order valence-corrected chi connectivity index (χ1v) is 14.0. The molecular formula is C33H35N3O5. The molecule has 0 unspecified atom stereocenters. The smallest absolute Gasteiger partial charge is 0.264 e. The molecule has 0 aromatic heterocycles. The zero-order valence-corrected chi connectivity index (χ0v) is 23.1. The molecule has 3 aromatic carbocycles. The van der Waals surface area contributed by atoms with Gasteiger partial charge in [0.2, 0.25) is 12.3 Å². The van der Waals surface area contributed by atoms with Crippen molar-refractivity contribution in [2.24, 2.45) is 5.92 Å². The number of aliphatic hydroxyl groups excluding tert-OH is 1. The second-order valence-electron chi connectivity index (χ2n) is 10.6. The summed E-state index contributed by atoms with van der Waals surface area (Å²) in [6.45, 7) is 2.62. The predicted octanol–water partition coefficient (Wildman–Crippen LogP) is 4.28. The number of fused-ring (bicyclic) bond motifs is 1. The Hall–Kier alpha value is -4.27. The van der Waals surface area contributed by atoms with E-state index in [2.05, 4.69) is 0 Å². The molecule has 41 heavy (non-hydrogen) atoms. The van der Waals surface area contributed by atoms with Crippen molar-refractivity contribution in [3.63, 3.8) is 0 Å². The van der Waals surface area contributed by atoms with E-state index in [1.807, 2.05) is 66.7 Å². The van der Waals surface area contributed by atoms with Gasteiger partial charge in [-0.1, -0.05) is 67.6 Å². The molecule has 0 saturated carbocycles. The van der Waals surface area contributed by atoms with Crippen molar-refractivity contribution in [3.8, 4) is 0 Å². The van der Waals surface area contributed by atoms with Crippen LogP contribution in [0.25, 0.3) is 0 Å². The highest BCUT2D eigenvalue weighted by atomic mass is 16.3. The summed E-state index contributed by atoms with van der Waals surface area (Å²) in [5.74, 6) is -1.08. The second kappa shape index (κ2) is 12.1. The Morgan fingerprint density at radius 3 is 2.44 bits per heavy atom. The van der Waals surface area contributed by atoms with Gasteiger partial charge in [0, 0.05) is 35.8 Å². The van der Waals surface area contributed by atoms with Crippen molar-refractivity contribution in [3.05, 3.63) is 102 Å². The van der Waals surface area contributed by atoms with E-state index in [9.17, 15) is 24.6 Å². The monoisotopic (exact) mass is 553 g/mol. The maximum Gasteiger partial charge on any atom is 0.264 e. The van der Waals surface area contributed by atoms with Crippen LogP contribution in [0.5, 0.6) is 0 Å². The van der Waals surface area contributed by atoms with E-state index >= 15 is 0 Å². The van der Waals surface area contributed by atoms with Gasteiger partial charge in [0.15, 0.2) is 5.60 Å². The highest BCUT2D eigenvalue weighted by Crippen LogP contribution is 2.45. The van der Waals surface area contributed by atoms with Crippen molar-refractivity contribution in [2.75, 3.05) is 23.0 Å². The number of anilines is 3. The van der Waals surface area contributed by atoms with E-state index in [-0.39, 0.29) is 31.5 Å². The van der Waals surface area contributed by atoms with Gasteiger partial charge in [-0.2, -0.15) is 0 Å². The van der Waals surface area contributed by atoms with E-state index in [1.54, 1.807) is 45.9 Å². The first-order valence-electron chi connectivity index (χ1n) is 14.0. The molecule has 2 aliphatic heterocycles. The first-order chi connectivity index (χ1) is 19.9. The average Bonchev–Trinajstić information content (AvgIpc) is 3.57. The molecule has 2 N–H and O–H groups in total. The molecule has 0 aliphatic carbocycles. The van der Waals surface area contributed by atoms with Crippen molar-refractivity contribution >= 4 is 35.3 Å². The molecule has 3 aromatic rings. The minimum atomic E-state index is -1.78. The molecule has 3 atom stereocenters. The maximum atomic E-state index is 13.8. The summed E-state index contributed by atoms with van der Waals surface area (Å²) in [7, 11) is 0. The molecule has 0 bridgehead atoms. The van der Waals surface area contributed by atoms with Crippen LogP contribution in [0.3, 0.4) is 0 Å². The van der Waals surface area contributed by atoms with Gasteiger partial charge >= 0.3 is 0 Å². The van der Waals surface area contributed by atoms with Crippen molar-refractivity contribution in [1.82, 2.24) is 4.90 Å². The Kier molecular flexibility index (Phi) is 8.33. The van der Waals surface area contributed by atoms with Crippen LogP contribution in [0.4, 0.5) is 17.1 Å². The standard InChI is InChI=1S/C33H35N3O5/c1-24(9-7-15-31(39)34-20-8-12-28(34)22-37)33(41)29-13-5-6-14-30(29)35(32(33)40)21-25-16-18-27(19-17-25)36(23-38)26-10-3-2-4-11-26/h2-7,9-11,13-14,16-19,23-24,28,37,41H,8,12,15,20-22H2,1H3/b9-7+/t24-,28-,33+/m0/s1. The summed E-state index contributed by atoms with van der Waals surface area (Å²) < 4.78 is 0. The van der Waals surface area contributed by atoms with Crippen molar-refractivity contribution < 1.29 is 24.6 Å². The molecule has 2 aliphatic rings. The van der Waals surface area contributed by atoms with Crippen LogP contribution in [0, 0.1) is 5.92 Å². The average molecular weight is 554 g/mol. The van der Waals surface area contributed by atoms with Crippen molar-refractivity contribution in [2.45, 2.75) is 44.4 Å². The fraction of sp³-hybridized carbons (Fsp3) is 0.303. The van der Waals surface area contributed by atoms with Gasteiger partial charge in [-0.05, 0) is 48.7 Å². The first kappa shape index (κ1) is 28.3. The second-order valence-corrected chi connectivity index (χ2v) is 10.6. The Bertz CT molecular complexity index is 1420. The molecule has 5 rings (SSSR count). The number of amides is 3. The topological polar surface area (TPSA) is 101 Å². The lowest BCUT2D eigenvalue weighted by molar-refractivity contribution is -0.139. The van der Waals surface area contributed by atoms with Crippen LogP contribution in [0.1, 0.15) is 37.3 Å². The summed E-state index contributed by atoms with van der Waals surface area (Å²) in [6, 6.07) is 23.8. The van der Waals surface area contributed by atoms with Crippen LogP contribution in [0.15, 0.2) is 91.0 Å². The van der Waals surface area contributed by atoms with E-state index in [4.69, 9.17) is 0 Å².